The van der Waals surface area contributed by atoms with Crippen LogP contribution in [0.15, 0.2) is 60.7 Å². The van der Waals surface area contributed by atoms with E-state index in [1.54, 1.807) is 24.3 Å². The van der Waals surface area contributed by atoms with Crippen LogP contribution in [0.3, 0.4) is 0 Å². The Morgan fingerprint density at radius 2 is 1.60 bits per heavy atom. The van der Waals surface area contributed by atoms with Crippen molar-refractivity contribution in [2.45, 2.75) is 6.04 Å². The minimum absolute atomic E-state index is 0.253. The SMILES string of the molecule is O=C1NCC(c2ccccc2)N1C(=O)c1ccccc1. The first-order valence-electron chi connectivity index (χ1n) is 6.49. The maximum absolute atomic E-state index is 12.5. The summed E-state index contributed by atoms with van der Waals surface area (Å²) in [5, 5.41) is 2.73. The third-order valence-electron chi connectivity index (χ3n) is 3.40. The molecule has 1 aliphatic rings. The molecule has 0 aromatic heterocycles. The quantitative estimate of drug-likeness (QED) is 0.908. The summed E-state index contributed by atoms with van der Waals surface area (Å²) in [6, 6.07) is 17.8. The molecule has 3 rings (SSSR count). The van der Waals surface area contributed by atoms with Gasteiger partial charge in [0.1, 0.15) is 0 Å². The molecule has 4 nitrogen and oxygen atoms in total. The van der Waals surface area contributed by atoms with Gasteiger partial charge in [0, 0.05) is 12.1 Å². The van der Waals surface area contributed by atoms with Crippen molar-refractivity contribution in [3.63, 3.8) is 0 Å². The monoisotopic (exact) mass is 266 g/mol. The largest absolute Gasteiger partial charge is 0.335 e. The normalized spacial score (nSPS) is 17.9. The van der Waals surface area contributed by atoms with Gasteiger partial charge in [-0.2, -0.15) is 0 Å². The fraction of sp³-hybridized carbons (Fsp3) is 0.125. The van der Waals surface area contributed by atoms with Gasteiger partial charge < -0.3 is 5.32 Å². The summed E-state index contributed by atoms with van der Waals surface area (Å²) in [5.74, 6) is -0.269. The maximum Gasteiger partial charge on any atom is 0.325 e. The zero-order valence-corrected chi connectivity index (χ0v) is 10.8. The fourth-order valence-electron chi connectivity index (χ4n) is 2.40. The number of amides is 3. The van der Waals surface area contributed by atoms with Crippen LogP contribution in [0.1, 0.15) is 22.0 Å². The van der Waals surface area contributed by atoms with E-state index in [-0.39, 0.29) is 18.0 Å². The molecule has 1 fully saturated rings. The van der Waals surface area contributed by atoms with Gasteiger partial charge in [0.15, 0.2) is 0 Å². The topological polar surface area (TPSA) is 49.4 Å². The second-order valence-corrected chi connectivity index (χ2v) is 4.65. The molecule has 1 saturated heterocycles. The fourth-order valence-corrected chi connectivity index (χ4v) is 2.40. The number of rotatable bonds is 2. The number of imide groups is 1. The van der Waals surface area contributed by atoms with E-state index in [1.807, 2.05) is 36.4 Å². The van der Waals surface area contributed by atoms with Crippen molar-refractivity contribution in [3.8, 4) is 0 Å². The highest BCUT2D eigenvalue weighted by Crippen LogP contribution is 2.26. The van der Waals surface area contributed by atoms with Gasteiger partial charge in [0.25, 0.3) is 5.91 Å². The van der Waals surface area contributed by atoms with Gasteiger partial charge >= 0.3 is 6.03 Å². The van der Waals surface area contributed by atoms with Gasteiger partial charge in [-0.15, -0.1) is 0 Å². The van der Waals surface area contributed by atoms with Crippen LogP contribution in [0.2, 0.25) is 0 Å². The average molecular weight is 266 g/mol. The van der Waals surface area contributed by atoms with Gasteiger partial charge in [-0.1, -0.05) is 48.5 Å². The Morgan fingerprint density at radius 1 is 1.00 bits per heavy atom. The smallest absolute Gasteiger partial charge is 0.325 e. The first kappa shape index (κ1) is 12.4. The highest BCUT2D eigenvalue weighted by atomic mass is 16.2. The molecule has 1 N–H and O–H groups in total. The van der Waals surface area contributed by atoms with E-state index in [1.165, 1.54) is 4.90 Å². The zero-order valence-electron chi connectivity index (χ0n) is 10.8. The number of nitrogens with zero attached hydrogens (tertiary/aromatic N) is 1. The summed E-state index contributed by atoms with van der Waals surface area (Å²) in [5.41, 5.74) is 1.47. The molecule has 3 amide bonds. The third-order valence-corrected chi connectivity index (χ3v) is 3.40. The van der Waals surface area contributed by atoms with E-state index < -0.39 is 0 Å². The van der Waals surface area contributed by atoms with Crippen LogP contribution in [0, 0.1) is 0 Å². The molecule has 1 heterocycles. The molecule has 1 unspecified atom stereocenters. The maximum atomic E-state index is 12.5. The Kier molecular flexibility index (Phi) is 3.21. The first-order valence-corrected chi connectivity index (χ1v) is 6.49. The number of urea groups is 1. The Balaban J connectivity index is 1.94. The molecule has 0 radical (unpaired) electrons. The Hall–Kier alpha value is -2.62. The van der Waals surface area contributed by atoms with Crippen molar-refractivity contribution < 1.29 is 9.59 Å². The average Bonchev–Trinajstić information content (AvgIpc) is 2.90. The standard InChI is InChI=1S/C16H14N2O2/c19-15(13-9-5-2-6-10-13)18-14(11-17-16(18)20)12-7-3-1-4-8-12/h1-10,14H,11H2,(H,17,20). The summed E-state index contributed by atoms with van der Waals surface area (Å²) >= 11 is 0. The molecule has 4 heteroatoms. The minimum Gasteiger partial charge on any atom is -0.335 e. The zero-order chi connectivity index (χ0) is 13.9. The number of carbonyl (C=O) groups excluding carboxylic acids is 2. The van der Waals surface area contributed by atoms with Crippen molar-refractivity contribution in [1.82, 2.24) is 10.2 Å². The van der Waals surface area contributed by atoms with Crippen molar-refractivity contribution in [2.24, 2.45) is 0 Å². The first-order chi connectivity index (χ1) is 9.77. The number of benzene rings is 2. The van der Waals surface area contributed by atoms with E-state index in [0.29, 0.717) is 12.1 Å². The Bertz CT molecular complexity index is 625. The summed E-state index contributed by atoms with van der Waals surface area (Å²) in [4.78, 5) is 25.8. The highest BCUT2D eigenvalue weighted by Gasteiger charge is 2.36. The molecule has 2 aromatic carbocycles. The lowest BCUT2D eigenvalue weighted by molar-refractivity contribution is 0.0785. The number of hydrogen-bond donors (Lipinski definition) is 1. The Morgan fingerprint density at radius 3 is 2.25 bits per heavy atom. The van der Waals surface area contributed by atoms with Crippen molar-refractivity contribution in [2.75, 3.05) is 6.54 Å². The molecule has 2 aromatic rings. The van der Waals surface area contributed by atoms with Crippen molar-refractivity contribution in [3.05, 3.63) is 71.8 Å². The molecular weight excluding hydrogens is 252 g/mol. The molecule has 20 heavy (non-hydrogen) atoms. The van der Waals surface area contributed by atoms with E-state index in [0.717, 1.165) is 5.56 Å². The van der Waals surface area contributed by atoms with E-state index in [9.17, 15) is 9.59 Å². The van der Waals surface area contributed by atoms with E-state index >= 15 is 0 Å². The van der Waals surface area contributed by atoms with Crippen molar-refractivity contribution >= 4 is 11.9 Å². The minimum atomic E-state index is -0.340. The lowest BCUT2D eigenvalue weighted by Crippen LogP contribution is -2.35. The molecule has 0 spiro atoms. The van der Waals surface area contributed by atoms with Crippen LogP contribution in [-0.2, 0) is 0 Å². The number of hydrogen-bond acceptors (Lipinski definition) is 2. The van der Waals surface area contributed by atoms with Gasteiger partial charge in [-0.05, 0) is 17.7 Å². The Labute approximate surface area is 117 Å². The molecule has 0 aliphatic carbocycles. The third kappa shape index (κ3) is 2.16. The predicted molar refractivity (Wildman–Crippen MR) is 75.2 cm³/mol. The van der Waals surface area contributed by atoms with E-state index in [2.05, 4.69) is 5.32 Å². The second kappa shape index (κ2) is 5.17. The lowest BCUT2D eigenvalue weighted by atomic mass is 10.1. The van der Waals surface area contributed by atoms with Gasteiger partial charge in [0.05, 0.1) is 6.04 Å². The number of nitrogens with one attached hydrogen (secondary N) is 1. The molecule has 0 bridgehead atoms. The molecular formula is C16H14N2O2. The number of carbonyl (C=O) groups is 2. The highest BCUT2D eigenvalue weighted by molar-refractivity contribution is 6.05. The predicted octanol–water partition coefficient (Wildman–Crippen LogP) is 2.59. The molecule has 1 atom stereocenters. The van der Waals surface area contributed by atoms with Crippen LogP contribution in [0.5, 0.6) is 0 Å². The van der Waals surface area contributed by atoms with Crippen LogP contribution >= 0.6 is 0 Å². The van der Waals surface area contributed by atoms with Crippen LogP contribution in [0.25, 0.3) is 0 Å². The van der Waals surface area contributed by atoms with Crippen molar-refractivity contribution in [1.29, 1.82) is 0 Å². The summed E-state index contributed by atoms with van der Waals surface area (Å²) in [6.45, 7) is 0.446. The lowest BCUT2D eigenvalue weighted by Gasteiger charge is -2.21. The molecule has 0 saturated carbocycles. The van der Waals surface area contributed by atoms with Gasteiger partial charge in [-0.25, -0.2) is 4.79 Å². The van der Waals surface area contributed by atoms with Gasteiger partial charge in [0.2, 0.25) is 0 Å². The molecule has 1 aliphatic heterocycles. The summed E-state index contributed by atoms with van der Waals surface area (Å²) < 4.78 is 0. The van der Waals surface area contributed by atoms with Crippen LogP contribution < -0.4 is 5.32 Å². The van der Waals surface area contributed by atoms with Gasteiger partial charge in [-0.3, -0.25) is 9.69 Å². The summed E-state index contributed by atoms with van der Waals surface area (Å²) in [6.07, 6.45) is 0. The van der Waals surface area contributed by atoms with E-state index in [4.69, 9.17) is 0 Å². The molecule has 100 valence electrons. The second-order valence-electron chi connectivity index (χ2n) is 4.65. The summed E-state index contributed by atoms with van der Waals surface area (Å²) in [7, 11) is 0. The van der Waals surface area contributed by atoms with Crippen LogP contribution in [-0.4, -0.2) is 23.4 Å². The van der Waals surface area contributed by atoms with Crippen LogP contribution in [0.4, 0.5) is 4.79 Å².